The molecule has 2 aromatic carbocycles. The predicted octanol–water partition coefficient (Wildman–Crippen LogP) is 2.04. The maximum atomic E-state index is 11.6. The molecule has 7 heteroatoms. The third-order valence-corrected chi connectivity index (χ3v) is 3.57. The van der Waals surface area contributed by atoms with E-state index in [4.69, 9.17) is 16.4 Å². The number of carbonyl (C=O) groups excluding carboxylic acids is 2. The van der Waals surface area contributed by atoms with E-state index in [1.54, 1.807) is 30.3 Å². The van der Waals surface area contributed by atoms with E-state index >= 15 is 0 Å². The smallest absolute Gasteiger partial charge is 0.350 e. The molecule has 0 heterocycles. The molecule has 0 spiro atoms. The van der Waals surface area contributed by atoms with E-state index in [-0.39, 0.29) is 12.4 Å². The number of hydrazine groups is 2. The molecule has 2 aromatic rings. The third-order valence-electron chi connectivity index (χ3n) is 3.57. The summed E-state index contributed by atoms with van der Waals surface area (Å²) in [7, 11) is 0. The van der Waals surface area contributed by atoms with Gasteiger partial charge in [0.05, 0.1) is 5.69 Å². The van der Waals surface area contributed by atoms with Crippen LogP contribution in [-0.4, -0.2) is 11.8 Å². The lowest BCUT2D eigenvalue weighted by atomic mass is 10.1. The standard InChI is InChI=1S/C17H20N4O3/c1-11-7-8-13(12(2)22)9-16(11)24-10-14-5-3-4-6-15(14)21(19)17(23)20-18/h3-9H,10,18-19H2,1-2H3,(H,20,23). The summed E-state index contributed by atoms with van der Waals surface area (Å²) < 4.78 is 5.82. The van der Waals surface area contributed by atoms with Crippen molar-refractivity contribution < 1.29 is 14.3 Å². The molecule has 2 rings (SSSR count). The quantitative estimate of drug-likeness (QED) is 0.337. The maximum absolute atomic E-state index is 11.6. The van der Waals surface area contributed by atoms with Gasteiger partial charge in [-0.1, -0.05) is 30.3 Å². The highest BCUT2D eigenvalue weighted by molar-refractivity contribution is 5.94. The number of hydrogen-bond acceptors (Lipinski definition) is 5. The van der Waals surface area contributed by atoms with Crippen molar-refractivity contribution >= 4 is 17.5 Å². The molecule has 0 aliphatic rings. The lowest BCUT2D eigenvalue weighted by molar-refractivity contribution is 0.101. The molecular weight excluding hydrogens is 308 g/mol. The van der Waals surface area contributed by atoms with Gasteiger partial charge in [0.15, 0.2) is 5.78 Å². The van der Waals surface area contributed by atoms with Crippen molar-refractivity contribution in [1.29, 1.82) is 0 Å². The number of ether oxygens (including phenoxy) is 1. The average Bonchev–Trinajstić information content (AvgIpc) is 2.59. The molecule has 126 valence electrons. The Morgan fingerprint density at radius 1 is 1.21 bits per heavy atom. The Labute approximate surface area is 140 Å². The van der Waals surface area contributed by atoms with Crippen LogP contribution in [0.2, 0.25) is 0 Å². The average molecular weight is 328 g/mol. The van der Waals surface area contributed by atoms with Gasteiger partial charge in [0.1, 0.15) is 12.4 Å². The number of nitrogens with one attached hydrogen (secondary N) is 1. The maximum Gasteiger partial charge on any atom is 0.350 e. The summed E-state index contributed by atoms with van der Waals surface area (Å²) >= 11 is 0. The highest BCUT2D eigenvalue weighted by Gasteiger charge is 2.14. The van der Waals surface area contributed by atoms with Gasteiger partial charge in [0.2, 0.25) is 0 Å². The molecule has 0 unspecified atom stereocenters. The van der Waals surface area contributed by atoms with Gasteiger partial charge in [-0.3, -0.25) is 10.2 Å². The Balaban J connectivity index is 2.23. The second-order valence-corrected chi connectivity index (χ2v) is 5.27. The van der Waals surface area contributed by atoms with Crippen molar-refractivity contribution in [2.45, 2.75) is 20.5 Å². The number of amides is 2. The number of nitrogens with zero attached hydrogens (tertiary/aromatic N) is 1. The minimum Gasteiger partial charge on any atom is -0.489 e. The van der Waals surface area contributed by atoms with E-state index in [0.29, 0.717) is 22.6 Å². The summed E-state index contributed by atoms with van der Waals surface area (Å²) in [6.07, 6.45) is 0. The van der Waals surface area contributed by atoms with Gasteiger partial charge in [0, 0.05) is 11.1 Å². The molecule has 0 aliphatic carbocycles. The van der Waals surface area contributed by atoms with Crippen LogP contribution in [0.1, 0.15) is 28.4 Å². The number of hydrogen-bond donors (Lipinski definition) is 3. The van der Waals surface area contributed by atoms with Gasteiger partial charge in [-0.15, -0.1) is 0 Å². The van der Waals surface area contributed by atoms with E-state index in [2.05, 4.69) is 0 Å². The Bertz CT molecular complexity index is 761. The van der Waals surface area contributed by atoms with Gasteiger partial charge >= 0.3 is 6.03 Å². The van der Waals surface area contributed by atoms with Crippen LogP contribution in [0.5, 0.6) is 5.75 Å². The van der Waals surface area contributed by atoms with Crippen LogP contribution in [0.3, 0.4) is 0 Å². The summed E-state index contributed by atoms with van der Waals surface area (Å²) in [6.45, 7) is 3.58. The molecule has 0 fully saturated rings. The van der Waals surface area contributed by atoms with Gasteiger partial charge in [0.25, 0.3) is 0 Å². The van der Waals surface area contributed by atoms with Gasteiger partial charge < -0.3 is 4.74 Å². The molecule has 24 heavy (non-hydrogen) atoms. The lowest BCUT2D eigenvalue weighted by Gasteiger charge is -2.20. The van der Waals surface area contributed by atoms with Gasteiger partial charge in [-0.2, -0.15) is 0 Å². The number of rotatable bonds is 5. The summed E-state index contributed by atoms with van der Waals surface area (Å²) in [5.74, 6) is 11.4. The molecule has 0 bridgehead atoms. The Kier molecular flexibility index (Phi) is 5.51. The Morgan fingerprint density at radius 3 is 2.58 bits per heavy atom. The molecule has 0 saturated carbocycles. The van der Waals surface area contributed by atoms with Crippen LogP contribution in [0, 0.1) is 6.92 Å². The molecule has 5 N–H and O–H groups in total. The number of Topliss-reactive ketones (excluding diaryl/α,β-unsaturated/α-hetero) is 1. The van der Waals surface area contributed by atoms with Crippen molar-refractivity contribution in [3.63, 3.8) is 0 Å². The van der Waals surface area contributed by atoms with Crippen molar-refractivity contribution in [3.8, 4) is 5.75 Å². The molecule has 7 nitrogen and oxygen atoms in total. The zero-order chi connectivity index (χ0) is 17.7. The number of ketones is 1. The van der Waals surface area contributed by atoms with Crippen LogP contribution in [-0.2, 0) is 6.61 Å². The van der Waals surface area contributed by atoms with E-state index < -0.39 is 6.03 Å². The predicted molar refractivity (Wildman–Crippen MR) is 91.3 cm³/mol. The van der Waals surface area contributed by atoms with E-state index in [1.165, 1.54) is 6.92 Å². The van der Waals surface area contributed by atoms with E-state index in [0.717, 1.165) is 10.6 Å². The Hall–Kier alpha value is -2.90. The van der Waals surface area contributed by atoms with Gasteiger partial charge in [-0.25, -0.2) is 21.5 Å². The fourth-order valence-electron chi connectivity index (χ4n) is 2.18. The van der Waals surface area contributed by atoms with Crippen LogP contribution in [0.15, 0.2) is 42.5 Å². The highest BCUT2D eigenvalue weighted by Crippen LogP contribution is 2.24. The molecule has 0 radical (unpaired) electrons. The first-order chi connectivity index (χ1) is 11.4. The fraction of sp³-hybridized carbons (Fsp3) is 0.176. The number of carbonyl (C=O) groups is 2. The number of nitrogens with two attached hydrogens (primary N) is 2. The topological polar surface area (TPSA) is 111 Å². The fourth-order valence-corrected chi connectivity index (χ4v) is 2.18. The van der Waals surface area contributed by atoms with Gasteiger partial charge in [-0.05, 0) is 31.5 Å². The molecule has 0 aromatic heterocycles. The van der Waals surface area contributed by atoms with Crippen molar-refractivity contribution in [1.82, 2.24) is 5.43 Å². The summed E-state index contributed by atoms with van der Waals surface area (Å²) in [5.41, 5.74) is 4.64. The van der Waals surface area contributed by atoms with Crippen molar-refractivity contribution in [3.05, 3.63) is 59.2 Å². The van der Waals surface area contributed by atoms with Crippen LogP contribution >= 0.6 is 0 Å². The Morgan fingerprint density at radius 2 is 1.92 bits per heavy atom. The van der Waals surface area contributed by atoms with Crippen LogP contribution < -0.4 is 26.9 Å². The highest BCUT2D eigenvalue weighted by atomic mass is 16.5. The minimum absolute atomic E-state index is 0.0343. The van der Waals surface area contributed by atoms with Crippen LogP contribution in [0.25, 0.3) is 0 Å². The van der Waals surface area contributed by atoms with Crippen molar-refractivity contribution in [2.75, 3.05) is 5.01 Å². The number of urea groups is 1. The first-order valence-corrected chi connectivity index (χ1v) is 7.31. The number of para-hydroxylation sites is 1. The number of benzene rings is 2. The second-order valence-electron chi connectivity index (χ2n) is 5.27. The van der Waals surface area contributed by atoms with E-state index in [1.807, 2.05) is 24.5 Å². The van der Waals surface area contributed by atoms with E-state index in [9.17, 15) is 9.59 Å². The first kappa shape index (κ1) is 17.5. The summed E-state index contributed by atoms with van der Waals surface area (Å²) in [4.78, 5) is 23.1. The monoisotopic (exact) mass is 328 g/mol. The molecule has 0 atom stereocenters. The molecule has 0 aliphatic heterocycles. The molecular formula is C17H20N4O3. The zero-order valence-electron chi connectivity index (χ0n) is 13.6. The first-order valence-electron chi connectivity index (χ1n) is 7.31. The third kappa shape index (κ3) is 3.89. The number of anilines is 1. The van der Waals surface area contributed by atoms with Crippen molar-refractivity contribution in [2.24, 2.45) is 11.7 Å². The molecule has 0 saturated heterocycles. The summed E-state index contributed by atoms with van der Waals surface area (Å²) in [6, 6.07) is 11.7. The van der Waals surface area contributed by atoms with Crippen LogP contribution in [0.4, 0.5) is 10.5 Å². The SMILES string of the molecule is CC(=O)c1ccc(C)c(OCc2ccccc2N(N)C(=O)NN)c1. The normalized spacial score (nSPS) is 10.2. The lowest BCUT2D eigenvalue weighted by Crippen LogP contribution is -2.48. The largest absolute Gasteiger partial charge is 0.489 e. The minimum atomic E-state index is -0.641. The molecule has 2 amide bonds. The number of aryl methyl sites for hydroxylation is 1. The second kappa shape index (κ2) is 7.58. The summed E-state index contributed by atoms with van der Waals surface area (Å²) in [5, 5.41) is 0.914. The zero-order valence-corrected chi connectivity index (χ0v) is 13.6.